The first-order valence-corrected chi connectivity index (χ1v) is 14.4. The Balaban J connectivity index is 0.000000527. The molecule has 1 N–H and O–H groups in total. The Morgan fingerprint density at radius 2 is 1.63 bits per heavy atom. The third kappa shape index (κ3) is 5.98. The predicted molar refractivity (Wildman–Crippen MR) is 128 cm³/mol. The van der Waals surface area contributed by atoms with Crippen LogP contribution in [0, 0.1) is 0 Å². The molecule has 1 spiro atoms. The van der Waals surface area contributed by atoms with E-state index >= 15 is 0 Å². The van der Waals surface area contributed by atoms with Gasteiger partial charge in [-0.1, -0.05) is 18.2 Å². The number of benzene rings is 1. The van der Waals surface area contributed by atoms with Gasteiger partial charge in [-0.25, -0.2) is 8.42 Å². The Labute approximate surface area is 205 Å². The second kappa shape index (κ2) is 9.82. The number of rotatable bonds is 3. The maximum Gasteiger partial charge on any atom is 0.261 e. The third-order valence-electron chi connectivity index (χ3n) is 6.27. The van der Waals surface area contributed by atoms with Crippen LogP contribution < -0.4 is 4.90 Å². The number of anilines is 1. The number of carbonyl (C=O) groups is 1. The summed E-state index contributed by atoms with van der Waals surface area (Å²) in [6.07, 6.45) is 5.34. The van der Waals surface area contributed by atoms with E-state index in [0.29, 0.717) is 12.8 Å². The molecule has 190 valence electrons. The molecule has 0 saturated carbocycles. The highest BCUT2D eigenvalue weighted by Crippen LogP contribution is 2.38. The van der Waals surface area contributed by atoms with Crippen molar-refractivity contribution in [1.82, 2.24) is 14.2 Å². The zero-order valence-electron chi connectivity index (χ0n) is 19.2. The van der Waals surface area contributed by atoms with Crippen molar-refractivity contribution < 1.29 is 30.9 Å². The SMILES string of the molecule is CS(=O)(=O)O.O=C1CN(S(=O)(=O)c2ccccc2)CC2OC3(CCN(c4ccncc4)CC3)CN12. The molecule has 1 amide bonds. The lowest BCUT2D eigenvalue weighted by molar-refractivity contribution is -0.144. The van der Waals surface area contributed by atoms with Gasteiger partial charge in [0.05, 0.1) is 36.4 Å². The number of aromatic nitrogens is 1. The van der Waals surface area contributed by atoms with Gasteiger partial charge in [0.1, 0.15) is 6.23 Å². The van der Waals surface area contributed by atoms with Crippen LogP contribution in [0.2, 0.25) is 0 Å². The van der Waals surface area contributed by atoms with Crippen molar-refractivity contribution in [2.75, 3.05) is 43.9 Å². The molecule has 3 fully saturated rings. The van der Waals surface area contributed by atoms with Crippen LogP contribution in [-0.2, 0) is 29.7 Å². The first-order valence-electron chi connectivity index (χ1n) is 11.1. The number of ether oxygens (including phenoxy) is 1. The van der Waals surface area contributed by atoms with Crippen molar-refractivity contribution in [2.45, 2.75) is 29.6 Å². The Morgan fingerprint density at radius 3 is 2.23 bits per heavy atom. The van der Waals surface area contributed by atoms with Crippen molar-refractivity contribution in [3.8, 4) is 0 Å². The van der Waals surface area contributed by atoms with Crippen LogP contribution in [0.15, 0.2) is 59.8 Å². The molecule has 0 aliphatic carbocycles. The highest BCUT2D eigenvalue weighted by molar-refractivity contribution is 7.89. The Hall–Kier alpha value is -2.58. The number of sulfonamides is 1. The minimum Gasteiger partial charge on any atom is -0.371 e. The number of fused-ring (bicyclic) bond motifs is 1. The zero-order chi connectivity index (χ0) is 25.3. The van der Waals surface area contributed by atoms with Gasteiger partial charge >= 0.3 is 0 Å². The molecule has 4 heterocycles. The van der Waals surface area contributed by atoms with Gasteiger partial charge in [-0.2, -0.15) is 12.7 Å². The van der Waals surface area contributed by atoms with E-state index in [1.54, 1.807) is 47.6 Å². The van der Waals surface area contributed by atoms with Crippen molar-refractivity contribution in [2.24, 2.45) is 0 Å². The Morgan fingerprint density at radius 1 is 1.03 bits per heavy atom. The summed E-state index contributed by atoms with van der Waals surface area (Å²) in [6, 6.07) is 12.2. The minimum absolute atomic E-state index is 0.143. The number of hydrogen-bond acceptors (Lipinski definition) is 8. The topological polar surface area (TPSA) is 137 Å². The van der Waals surface area contributed by atoms with Crippen molar-refractivity contribution in [1.29, 1.82) is 0 Å². The van der Waals surface area contributed by atoms with E-state index < -0.39 is 32.0 Å². The first-order chi connectivity index (χ1) is 16.5. The molecule has 1 atom stereocenters. The normalized spacial score (nSPS) is 22.5. The quantitative estimate of drug-likeness (QED) is 0.578. The molecule has 1 aromatic heterocycles. The van der Waals surface area contributed by atoms with Gasteiger partial charge in [0.25, 0.3) is 10.1 Å². The van der Waals surface area contributed by atoms with E-state index in [-0.39, 0.29) is 23.9 Å². The smallest absolute Gasteiger partial charge is 0.261 e. The van der Waals surface area contributed by atoms with Crippen LogP contribution in [-0.4, -0.2) is 92.3 Å². The molecule has 0 bridgehead atoms. The van der Waals surface area contributed by atoms with Gasteiger partial charge < -0.3 is 14.5 Å². The van der Waals surface area contributed by atoms with Crippen LogP contribution in [0.25, 0.3) is 0 Å². The van der Waals surface area contributed by atoms with Crippen LogP contribution in [0.5, 0.6) is 0 Å². The van der Waals surface area contributed by atoms with Crippen molar-refractivity contribution in [3.05, 3.63) is 54.9 Å². The van der Waals surface area contributed by atoms with Gasteiger partial charge in [0, 0.05) is 31.2 Å². The summed E-state index contributed by atoms with van der Waals surface area (Å²) in [6.45, 7) is 2.20. The third-order valence-corrected chi connectivity index (χ3v) is 8.09. The second-order valence-electron chi connectivity index (χ2n) is 8.81. The molecule has 2 aromatic rings. The first kappa shape index (κ1) is 25.5. The summed E-state index contributed by atoms with van der Waals surface area (Å²) in [4.78, 5) is 21.1. The molecule has 5 rings (SSSR count). The van der Waals surface area contributed by atoms with Gasteiger partial charge in [-0.05, 0) is 37.1 Å². The summed E-state index contributed by atoms with van der Waals surface area (Å²) < 4.78 is 59.4. The standard InChI is InChI=1S/C21H24N4O4S.CH4O3S/c26-19-14-24(30(27,28)18-4-2-1-3-5-18)15-20-25(19)16-21(29-20)8-12-23(13-9-21)17-6-10-22-11-7-17;1-5(2,3)4/h1-7,10-11,20H,8-9,12-16H2;1H3,(H,2,3,4). The molecule has 3 saturated heterocycles. The Kier molecular flexibility index (Phi) is 7.16. The highest BCUT2D eigenvalue weighted by Gasteiger charge is 2.52. The maximum absolute atomic E-state index is 13.0. The number of nitrogens with zero attached hydrogens (tertiary/aromatic N) is 4. The fourth-order valence-electron chi connectivity index (χ4n) is 4.59. The molecule has 1 aromatic carbocycles. The number of piperazine rings is 1. The summed E-state index contributed by atoms with van der Waals surface area (Å²) in [5.74, 6) is -0.195. The molecule has 13 heteroatoms. The molecular weight excluding hydrogens is 496 g/mol. The summed E-state index contributed by atoms with van der Waals surface area (Å²) in [5.41, 5.74) is 0.725. The van der Waals surface area contributed by atoms with Crippen LogP contribution in [0.1, 0.15) is 12.8 Å². The predicted octanol–water partition coefficient (Wildman–Crippen LogP) is 0.814. The van der Waals surface area contributed by atoms with Gasteiger partial charge in [-0.15, -0.1) is 0 Å². The van der Waals surface area contributed by atoms with Crippen molar-refractivity contribution in [3.63, 3.8) is 0 Å². The van der Waals surface area contributed by atoms with E-state index in [1.807, 2.05) is 12.1 Å². The monoisotopic (exact) mass is 524 g/mol. The Bertz CT molecular complexity index is 1240. The van der Waals surface area contributed by atoms with E-state index in [2.05, 4.69) is 9.88 Å². The van der Waals surface area contributed by atoms with Gasteiger partial charge in [0.15, 0.2) is 0 Å². The van der Waals surface area contributed by atoms with E-state index in [0.717, 1.165) is 31.6 Å². The molecule has 11 nitrogen and oxygen atoms in total. The molecule has 0 radical (unpaired) electrons. The number of pyridine rings is 1. The van der Waals surface area contributed by atoms with E-state index in [4.69, 9.17) is 9.29 Å². The fourth-order valence-corrected chi connectivity index (χ4v) is 6.00. The summed E-state index contributed by atoms with van der Waals surface area (Å²) in [7, 11) is -7.40. The fraction of sp³-hybridized carbons (Fsp3) is 0.455. The van der Waals surface area contributed by atoms with E-state index in [9.17, 15) is 21.6 Å². The second-order valence-corrected chi connectivity index (χ2v) is 12.2. The van der Waals surface area contributed by atoms with Gasteiger partial charge in [0.2, 0.25) is 15.9 Å². The molecule has 35 heavy (non-hydrogen) atoms. The molecule has 3 aliphatic rings. The highest BCUT2D eigenvalue weighted by atomic mass is 32.2. The number of hydrogen-bond donors (Lipinski definition) is 1. The van der Waals surface area contributed by atoms with Crippen molar-refractivity contribution >= 4 is 31.7 Å². The number of carbonyl (C=O) groups excluding carboxylic acids is 1. The number of amides is 1. The van der Waals surface area contributed by atoms with Gasteiger partial charge in [-0.3, -0.25) is 14.3 Å². The maximum atomic E-state index is 13.0. The molecule has 3 aliphatic heterocycles. The molecular formula is C22H28N4O7S2. The van der Waals surface area contributed by atoms with Crippen LogP contribution >= 0.6 is 0 Å². The van der Waals surface area contributed by atoms with E-state index in [1.165, 1.54) is 4.31 Å². The lowest BCUT2D eigenvalue weighted by Gasteiger charge is -2.39. The lowest BCUT2D eigenvalue weighted by atomic mass is 9.91. The summed E-state index contributed by atoms with van der Waals surface area (Å²) in [5, 5.41) is 0. The van der Waals surface area contributed by atoms with Crippen LogP contribution in [0.4, 0.5) is 5.69 Å². The molecule has 1 unspecified atom stereocenters. The average molecular weight is 525 g/mol. The largest absolute Gasteiger partial charge is 0.371 e. The summed E-state index contributed by atoms with van der Waals surface area (Å²) >= 11 is 0. The van der Waals surface area contributed by atoms with Crippen LogP contribution in [0.3, 0.4) is 0 Å². The minimum atomic E-state index is -3.73. The lowest BCUT2D eigenvalue weighted by Crippen LogP contribution is -2.55. The zero-order valence-corrected chi connectivity index (χ0v) is 20.9. The average Bonchev–Trinajstić information content (AvgIpc) is 3.18. The number of piperidine rings is 1.